The molecule has 0 saturated carbocycles. The highest BCUT2D eigenvalue weighted by molar-refractivity contribution is 5.40. The molecule has 0 radical (unpaired) electrons. The molecule has 1 nitrogen and oxygen atoms in total. The summed E-state index contributed by atoms with van der Waals surface area (Å²) in [6, 6.07) is 0. The molecule has 0 bridgehead atoms. The van der Waals surface area contributed by atoms with Crippen molar-refractivity contribution in [2.24, 2.45) is 11.3 Å². The lowest BCUT2D eigenvalue weighted by Gasteiger charge is -2.34. The zero-order valence-electron chi connectivity index (χ0n) is 10.5. The van der Waals surface area contributed by atoms with E-state index in [0.717, 1.165) is 12.8 Å². The van der Waals surface area contributed by atoms with Crippen molar-refractivity contribution in [1.82, 2.24) is 0 Å². The largest absolute Gasteiger partial charge is 0.393 e. The molecule has 0 aromatic heterocycles. The average Bonchev–Trinajstić information content (AvgIpc) is 1.98. The Kier molecular flexibility index (Phi) is 3.62. The summed E-state index contributed by atoms with van der Waals surface area (Å²) in [5.74, 6) is 6.94. The molecule has 0 fully saturated rings. The fraction of sp³-hybridized carbons (Fsp3) is 0.714. The Morgan fingerprint density at radius 2 is 2.00 bits per heavy atom. The summed E-state index contributed by atoms with van der Waals surface area (Å²) in [6.45, 7) is 10.6. The number of aliphatic hydroxyl groups is 1. The van der Waals surface area contributed by atoms with E-state index in [-0.39, 0.29) is 11.5 Å². The first-order valence-corrected chi connectivity index (χ1v) is 5.73. The maximum Gasteiger partial charge on any atom is 0.0586 e. The molecule has 0 aliphatic heterocycles. The van der Waals surface area contributed by atoms with E-state index in [1.54, 1.807) is 0 Å². The van der Waals surface area contributed by atoms with Gasteiger partial charge in [-0.2, -0.15) is 0 Å². The van der Waals surface area contributed by atoms with Crippen molar-refractivity contribution >= 4 is 0 Å². The van der Waals surface area contributed by atoms with Crippen molar-refractivity contribution in [2.45, 2.75) is 53.6 Å². The predicted octanol–water partition coefficient (Wildman–Crippen LogP) is 3.14. The van der Waals surface area contributed by atoms with Gasteiger partial charge in [-0.05, 0) is 19.8 Å². The van der Waals surface area contributed by atoms with E-state index >= 15 is 0 Å². The van der Waals surface area contributed by atoms with Crippen LogP contribution in [0.25, 0.3) is 0 Å². The number of aliphatic hydroxyl groups excluding tert-OH is 1. The lowest BCUT2D eigenvalue weighted by atomic mass is 9.72. The van der Waals surface area contributed by atoms with Gasteiger partial charge in [-0.3, -0.25) is 0 Å². The third kappa shape index (κ3) is 3.11. The minimum atomic E-state index is -0.190. The van der Waals surface area contributed by atoms with Crippen LogP contribution in [0.3, 0.4) is 0 Å². The molecule has 1 heteroatoms. The molecule has 1 aliphatic carbocycles. The Labute approximate surface area is 93.6 Å². The molecule has 15 heavy (non-hydrogen) atoms. The molecule has 0 amide bonds. The summed E-state index contributed by atoms with van der Waals surface area (Å²) in [5, 5.41) is 9.73. The monoisotopic (exact) mass is 206 g/mol. The Balaban J connectivity index is 3.03. The van der Waals surface area contributed by atoms with Crippen LogP contribution >= 0.6 is 0 Å². The third-order valence-corrected chi connectivity index (χ3v) is 2.88. The third-order valence-electron chi connectivity index (χ3n) is 2.88. The highest BCUT2D eigenvalue weighted by atomic mass is 16.3. The van der Waals surface area contributed by atoms with Crippen LogP contribution in [0.15, 0.2) is 11.1 Å². The van der Waals surface area contributed by atoms with E-state index in [1.807, 2.05) is 0 Å². The SMILES string of the molecule is CC1=C(C#CC(C)C)C(C)(C)CC(O)C1. The first-order chi connectivity index (χ1) is 6.83. The normalized spacial score (nSPS) is 25.1. The molecule has 0 aromatic rings. The molecular formula is C14H22O. The van der Waals surface area contributed by atoms with Gasteiger partial charge < -0.3 is 5.11 Å². The van der Waals surface area contributed by atoms with Crippen LogP contribution in [0.4, 0.5) is 0 Å². The molecule has 0 aromatic carbocycles. The Hall–Kier alpha value is -0.740. The van der Waals surface area contributed by atoms with Crippen LogP contribution < -0.4 is 0 Å². The maximum atomic E-state index is 9.73. The van der Waals surface area contributed by atoms with Gasteiger partial charge in [0.25, 0.3) is 0 Å². The van der Waals surface area contributed by atoms with Crippen molar-refractivity contribution in [3.05, 3.63) is 11.1 Å². The molecule has 1 aliphatic rings. The smallest absolute Gasteiger partial charge is 0.0586 e. The predicted molar refractivity (Wildman–Crippen MR) is 64.3 cm³/mol. The molecule has 0 heterocycles. The second-order valence-electron chi connectivity index (χ2n) is 5.53. The Morgan fingerprint density at radius 3 is 2.47 bits per heavy atom. The zero-order valence-corrected chi connectivity index (χ0v) is 10.5. The van der Waals surface area contributed by atoms with Crippen LogP contribution in [0.1, 0.15) is 47.5 Å². The molecule has 0 saturated heterocycles. The molecule has 1 unspecified atom stereocenters. The van der Waals surface area contributed by atoms with Crippen LogP contribution in [0, 0.1) is 23.2 Å². The van der Waals surface area contributed by atoms with E-state index < -0.39 is 0 Å². The topological polar surface area (TPSA) is 20.2 Å². The van der Waals surface area contributed by atoms with Crippen LogP contribution in [-0.4, -0.2) is 11.2 Å². The standard InChI is InChI=1S/C14H22O/c1-10(2)6-7-13-11(3)8-12(15)9-14(13,4)5/h10,12,15H,8-9H2,1-5H3. The summed E-state index contributed by atoms with van der Waals surface area (Å²) in [5.41, 5.74) is 2.53. The van der Waals surface area contributed by atoms with Gasteiger partial charge in [0.2, 0.25) is 0 Å². The highest BCUT2D eigenvalue weighted by Gasteiger charge is 2.31. The van der Waals surface area contributed by atoms with Gasteiger partial charge in [-0.15, -0.1) is 0 Å². The van der Waals surface area contributed by atoms with E-state index in [2.05, 4.69) is 46.5 Å². The van der Waals surface area contributed by atoms with Crippen molar-refractivity contribution in [3.63, 3.8) is 0 Å². The molecule has 1 rings (SSSR count). The van der Waals surface area contributed by atoms with E-state index in [1.165, 1.54) is 11.1 Å². The maximum absolute atomic E-state index is 9.73. The lowest BCUT2D eigenvalue weighted by molar-refractivity contribution is 0.117. The van der Waals surface area contributed by atoms with Crippen LogP contribution in [0.5, 0.6) is 0 Å². The minimum Gasteiger partial charge on any atom is -0.393 e. The fourth-order valence-corrected chi connectivity index (χ4v) is 2.29. The summed E-state index contributed by atoms with van der Waals surface area (Å²) in [7, 11) is 0. The van der Waals surface area contributed by atoms with Crippen molar-refractivity contribution in [3.8, 4) is 11.8 Å². The summed E-state index contributed by atoms with van der Waals surface area (Å²) < 4.78 is 0. The summed E-state index contributed by atoms with van der Waals surface area (Å²) >= 11 is 0. The van der Waals surface area contributed by atoms with Crippen LogP contribution in [-0.2, 0) is 0 Å². The number of rotatable bonds is 0. The van der Waals surface area contributed by atoms with E-state index in [4.69, 9.17) is 0 Å². The summed E-state index contributed by atoms with van der Waals surface area (Å²) in [6.07, 6.45) is 1.42. The van der Waals surface area contributed by atoms with E-state index in [9.17, 15) is 5.11 Å². The lowest BCUT2D eigenvalue weighted by Crippen LogP contribution is -2.28. The Morgan fingerprint density at radius 1 is 1.40 bits per heavy atom. The van der Waals surface area contributed by atoms with Crippen molar-refractivity contribution in [1.29, 1.82) is 0 Å². The molecule has 84 valence electrons. The number of allylic oxidation sites excluding steroid dienone is 1. The summed E-state index contributed by atoms with van der Waals surface area (Å²) in [4.78, 5) is 0. The van der Waals surface area contributed by atoms with Gasteiger partial charge in [0.1, 0.15) is 0 Å². The van der Waals surface area contributed by atoms with Crippen molar-refractivity contribution < 1.29 is 5.11 Å². The number of hydrogen-bond donors (Lipinski definition) is 1. The van der Waals surface area contributed by atoms with Gasteiger partial charge in [0.05, 0.1) is 6.10 Å². The molecule has 1 atom stereocenters. The van der Waals surface area contributed by atoms with Gasteiger partial charge in [-0.1, -0.05) is 45.1 Å². The van der Waals surface area contributed by atoms with Crippen molar-refractivity contribution in [2.75, 3.05) is 0 Å². The second-order valence-corrected chi connectivity index (χ2v) is 5.53. The van der Waals surface area contributed by atoms with Crippen LogP contribution in [0.2, 0.25) is 0 Å². The zero-order chi connectivity index (χ0) is 11.6. The highest BCUT2D eigenvalue weighted by Crippen LogP contribution is 2.39. The van der Waals surface area contributed by atoms with Gasteiger partial charge >= 0.3 is 0 Å². The molecular weight excluding hydrogens is 184 g/mol. The average molecular weight is 206 g/mol. The van der Waals surface area contributed by atoms with Gasteiger partial charge in [0, 0.05) is 16.9 Å². The Bertz CT molecular complexity index is 323. The second kappa shape index (κ2) is 4.41. The minimum absolute atomic E-state index is 0.0314. The quantitative estimate of drug-likeness (QED) is 0.604. The van der Waals surface area contributed by atoms with Gasteiger partial charge in [0.15, 0.2) is 0 Å². The number of hydrogen-bond acceptors (Lipinski definition) is 1. The molecule has 1 N–H and O–H groups in total. The van der Waals surface area contributed by atoms with Gasteiger partial charge in [-0.25, -0.2) is 0 Å². The first-order valence-electron chi connectivity index (χ1n) is 5.73. The first kappa shape index (κ1) is 12.3. The fourth-order valence-electron chi connectivity index (χ4n) is 2.29. The molecule has 0 spiro atoms. The van der Waals surface area contributed by atoms with E-state index in [0.29, 0.717) is 5.92 Å².